The van der Waals surface area contributed by atoms with Crippen molar-refractivity contribution in [3.05, 3.63) is 22.4 Å². The molecule has 3 rings (SSSR count). The number of rotatable bonds is 4. The van der Waals surface area contributed by atoms with E-state index in [9.17, 15) is 4.79 Å². The third-order valence-corrected chi connectivity index (χ3v) is 5.75. The van der Waals surface area contributed by atoms with E-state index in [0.29, 0.717) is 24.5 Å². The molecule has 3 heterocycles. The van der Waals surface area contributed by atoms with Crippen molar-refractivity contribution in [3.63, 3.8) is 0 Å². The average Bonchev–Trinajstić information content (AvgIpc) is 3.17. The van der Waals surface area contributed by atoms with Gasteiger partial charge in [0.2, 0.25) is 5.91 Å². The Morgan fingerprint density at radius 3 is 2.95 bits per heavy atom. The first-order valence-electron chi connectivity index (χ1n) is 8.35. The molecule has 2 aliphatic rings. The molecule has 2 fully saturated rings. The first-order valence-corrected chi connectivity index (χ1v) is 9.29. The zero-order valence-corrected chi connectivity index (χ0v) is 13.8. The Bertz CT molecular complexity index is 459. The normalized spacial score (nSPS) is 27.2. The maximum atomic E-state index is 12.7. The van der Waals surface area contributed by atoms with E-state index in [1.807, 2.05) is 0 Å². The van der Waals surface area contributed by atoms with E-state index >= 15 is 0 Å². The van der Waals surface area contributed by atoms with Gasteiger partial charge in [0.25, 0.3) is 0 Å². The lowest BCUT2D eigenvalue weighted by Crippen LogP contribution is -2.47. The van der Waals surface area contributed by atoms with Crippen LogP contribution >= 0.6 is 11.3 Å². The molecule has 21 heavy (non-hydrogen) atoms. The fourth-order valence-electron chi connectivity index (χ4n) is 3.88. The highest BCUT2D eigenvalue weighted by Gasteiger charge is 2.31. The van der Waals surface area contributed by atoms with Crippen LogP contribution in [0.2, 0.25) is 0 Å². The van der Waals surface area contributed by atoms with Gasteiger partial charge < -0.3 is 4.90 Å². The van der Waals surface area contributed by atoms with Gasteiger partial charge >= 0.3 is 0 Å². The summed E-state index contributed by atoms with van der Waals surface area (Å²) in [6.07, 6.45) is 7.15. The molecule has 0 N–H and O–H groups in total. The van der Waals surface area contributed by atoms with Crippen molar-refractivity contribution < 1.29 is 4.79 Å². The summed E-state index contributed by atoms with van der Waals surface area (Å²) < 4.78 is 0. The van der Waals surface area contributed by atoms with Crippen LogP contribution in [0, 0.1) is 0 Å². The maximum Gasteiger partial charge on any atom is 0.237 e. The maximum absolute atomic E-state index is 12.7. The van der Waals surface area contributed by atoms with Crippen LogP contribution in [-0.4, -0.2) is 41.4 Å². The minimum Gasteiger partial charge on any atom is -0.339 e. The van der Waals surface area contributed by atoms with Crippen molar-refractivity contribution >= 4 is 17.2 Å². The Hall–Kier alpha value is -0.870. The molecule has 1 aromatic rings. The molecule has 2 aliphatic heterocycles. The van der Waals surface area contributed by atoms with Gasteiger partial charge in [0.1, 0.15) is 0 Å². The minimum absolute atomic E-state index is 0.351. The lowest BCUT2D eigenvalue weighted by atomic mass is 10.00. The highest BCUT2D eigenvalue weighted by Crippen LogP contribution is 2.33. The molecule has 0 saturated carbocycles. The van der Waals surface area contributed by atoms with Crippen LogP contribution in [-0.2, 0) is 4.79 Å². The van der Waals surface area contributed by atoms with Crippen molar-refractivity contribution in [2.45, 2.75) is 57.5 Å². The molecular formula is C17H26N2OS. The summed E-state index contributed by atoms with van der Waals surface area (Å²) in [4.78, 5) is 17.3. The van der Waals surface area contributed by atoms with E-state index in [-0.39, 0.29) is 0 Å². The van der Waals surface area contributed by atoms with Crippen molar-refractivity contribution in [2.75, 3.05) is 19.6 Å². The molecular weight excluding hydrogens is 280 g/mol. The van der Waals surface area contributed by atoms with Crippen molar-refractivity contribution in [2.24, 2.45) is 0 Å². The predicted molar refractivity (Wildman–Crippen MR) is 87.5 cm³/mol. The third-order valence-electron chi connectivity index (χ3n) is 5.05. The summed E-state index contributed by atoms with van der Waals surface area (Å²) in [5, 5.41) is 4.38. The Kier molecular flexibility index (Phi) is 4.96. The number of amides is 1. The van der Waals surface area contributed by atoms with Gasteiger partial charge in [0.15, 0.2) is 0 Å². The molecule has 2 atom stereocenters. The number of carbonyl (C=O) groups excluding carboxylic acids is 1. The van der Waals surface area contributed by atoms with Crippen LogP contribution in [0.25, 0.3) is 0 Å². The van der Waals surface area contributed by atoms with Crippen molar-refractivity contribution in [3.8, 4) is 0 Å². The minimum atomic E-state index is 0.351. The molecule has 1 aromatic heterocycles. The first kappa shape index (κ1) is 15.0. The van der Waals surface area contributed by atoms with Crippen LogP contribution in [0.4, 0.5) is 0 Å². The van der Waals surface area contributed by atoms with E-state index in [0.717, 1.165) is 19.5 Å². The molecule has 116 valence electrons. The Labute approximate surface area is 131 Å². The van der Waals surface area contributed by atoms with E-state index in [4.69, 9.17) is 0 Å². The summed E-state index contributed by atoms with van der Waals surface area (Å²) in [6, 6.07) is 3.16. The first-order chi connectivity index (χ1) is 10.3. The summed E-state index contributed by atoms with van der Waals surface area (Å²) in [5.74, 6) is 0.351. The lowest BCUT2D eigenvalue weighted by molar-refractivity contribution is -0.136. The van der Waals surface area contributed by atoms with Crippen molar-refractivity contribution in [1.29, 1.82) is 0 Å². The predicted octanol–water partition coefficient (Wildman–Crippen LogP) is 3.68. The number of hydrogen-bond acceptors (Lipinski definition) is 3. The number of piperidine rings is 1. The zero-order valence-electron chi connectivity index (χ0n) is 13.0. The van der Waals surface area contributed by atoms with E-state index in [1.54, 1.807) is 11.3 Å². The van der Waals surface area contributed by atoms with Crippen LogP contribution in [0.3, 0.4) is 0 Å². The van der Waals surface area contributed by atoms with Gasteiger partial charge in [-0.15, -0.1) is 0 Å². The van der Waals surface area contributed by atoms with Crippen LogP contribution in [0.1, 0.15) is 57.1 Å². The van der Waals surface area contributed by atoms with Gasteiger partial charge in [-0.1, -0.05) is 6.92 Å². The molecule has 0 aliphatic carbocycles. The number of hydrogen-bond donors (Lipinski definition) is 0. The summed E-state index contributed by atoms with van der Waals surface area (Å²) >= 11 is 1.76. The van der Waals surface area contributed by atoms with Gasteiger partial charge in [-0.05, 0) is 67.5 Å². The molecule has 4 heteroatoms. The second kappa shape index (κ2) is 6.93. The lowest BCUT2D eigenvalue weighted by Gasteiger charge is -2.37. The summed E-state index contributed by atoms with van der Waals surface area (Å²) in [7, 11) is 0. The fraction of sp³-hybridized carbons (Fsp3) is 0.706. The zero-order chi connectivity index (χ0) is 14.7. The number of carbonyl (C=O) groups is 1. The van der Waals surface area contributed by atoms with Crippen molar-refractivity contribution in [1.82, 2.24) is 9.80 Å². The average molecular weight is 306 g/mol. The second-order valence-electron chi connectivity index (χ2n) is 6.33. The van der Waals surface area contributed by atoms with Crippen LogP contribution in [0.5, 0.6) is 0 Å². The second-order valence-corrected chi connectivity index (χ2v) is 7.11. The Balaban J connectivity index is 1.63. The number of thiophene rings is 1. The van der Waals surface area contributed by atoms with Gasteiger partial charge in [0.05, 0.1) is 6.54 Å². The van der Waals surface area contributed by atoms with Gasteiger partial charge in [0, 0.05) is 18.6 Å². The number of likely N-dealkylation sites (tertiary alicyclic amines) is 2. The molecule has 0 radical (unpaired) electrons. The standard InChI is InChI=1S/C17H26N2OS/c1-2-15-6-3-4-10-19(15)17(20)12-18-9-5-7-16(18)14-8-11-21-13-14/h8,11,13,15-16H,2-7,9-10,12H2,1H3/t15-,16-/m0/s1. The van der Waals surface area contributed by atoms with Crippen LogP contribution in [0.15, 0.2) is 16.8 Å². The quantitative estimate of drug-likeness (QED) is 0.847. The molecule has 0 unspecified atom stereocenters. The van der Waals surface area contributed by atoms with E-state index in [1.165, 1.54) is 37.7 Å². The SMILES string of the molecule is CC[C@H]1CCCCN1C(=O)CN1CCC[C@H]1c1ccsc1. The highest BCUT2D eigenvalue weighted by atomic mass is 32.1. The molecule has 1 amide bonds. The monoisotopic (exact) mass is 306 g/mol. The largest absolute Gasteiger partial charge is 0.339 e. The Morgan fingerprint density at radius 2 is 2.19 bits per heavy atom. The molecule has 3 nitrogen and oxygen atoms in total. The van der Waals surface area contributed by atoms with E-state index < -0.39 is 0 Å². The molecule has 0 aromatic carbocycles. The third kappa shape index (κ3) is 3.32. The highest BCUT2D eigenvalue weighted by molar-refractivity contribution is 7.07. The molecule has 2 saturated heterocycles. The fourth-order valence-corrected chi connectivity index (χ4v) is 4.58. The summed E-state index contributed by atoms with van der Waals surface area (Å²) in [5.41, 5.74) is 1.40. The topological polar surface area (TPSA) is 23.6 Å². The van der Waals surface area contributed by atoms with Gasteiger partial charge in [-0.3, -0.25) is 9.69 Å². The van der Waals surface area contributed by atoms with Gasteiger partial charge in [-0.2, -0.15) is 11.3 Å². The smallest absolute Gasteiger partial charge is 0.237 e. The Morgan fingerprint density at radius 1 is 1.29 bits per heavy atom. The van der Waals surface area contributed by atoms with Gasteiger partial charge in [-0.25, -0.2) is 0 Å². The summed E-state index contributed by atoms with van der Waals surface area (Å²) in [6.45, 7) is 4.85. The molecule has 0 spiro atoms. The van der Waals surface area contributed by atoms with Crippen LogP contribution < -0.4 is 0 Å². The molecule has 0 bridgehead atoms. The van der Waals surface area contributed by atoms with E-state index in [2.05, 4.69) is 33.6 Å². The number of nitrogens with zero attached hydrogens (tertiary/aromatic N) is 2.